The third kappa shape index (κ3) is 3.04. The summed E-state index contributed by atoms with van der Waals surface area (Å²) in [5.41, 5.74) is 8.25. The van der Waals surface area contributed by atoms with Gasteiger partial charge in [-0.2, -0.15) is 0 Å². The van der Waals surface area contributed by atoms with Crippen LogP contribution < -0.4 is 0 Å². The maximum Gasteiger partial charge on any atom is 0.0158 e. The minimum absolute atomic E-state index is 0.00596. The van der Waals surface area contributed by atoms with E-state index >= 15 is 0 Å². The van der Waals surface area contributed by atoms with Gasteiger partial charge in [0.25, 0.3) is 0 Å². The van der Waals surface area contributed by atoms with Gasteiger partial charge in [-0.3, -0.25) is 0 Å². The molecule has 0 heterocycles. The van der Waals surface area contributed by atoms with E-state index in [4.69, 9.17) is 0 Å². The lowest BCUT2D eigenvalue weighted by Gasteiger charge is -2.34. The summed E-state index contributed by atoms with van der Waals surface area (Å²) in [4.78, 5) is 0. The maximum atomic E-state index is 4.47. The van der Waals surface area contributed by atoms with Crippen LogP contribution in [0.2, 0.25) is 0 Å². The lowest BCUT2D eigenvalue weighted by atomic mass is 9.71. The van der Waals surface area contributed by atoms with Gasteiger partial charge in [-0.25, -0.2) is 0 Å². The Morgan fingerprint density at radius 1 is 1.22 bits per heavy atom. The molecule has 0 nitrogen and oxygen atoms in total. The molecule has 0 amide bonds. The molecule has 2 atom stereocenters. The van der Waals surface area contributed by atoms with Crippen molar-refractivity contribution in [3.05, 3.63) is 98.7 Å². The number of rotatable bonds is 2. The van der Waals surface area contributed by atoms with E-state index in [0.29, 0.717) is 11.8 Å². The van der Waals surface area contributed by atoms with E-state index in [2.05, 4.69) is 111 Å². The van der Waals surface area contributed by atoms with Crippen LogP contribution in [0.5, 0.6) is 0 Å². The zero-order valence-electron chi connectivity index (χ0n) is 16.4. The van der Waals surface area contributed by atoms with Crippen LogP contribution >= 0.6 is 22.6 Å². The second-order valence-corrected chi connectivity index (χ2v) is 9.57. The van der Waals surface area contributed by atoms with E-state index in [1.165, 1.54) is 49.8 Å². The van der Waals surface area contributed by atoms with Gasteiger partial charge in [0.1, 0.15) is 0 Å². The highest BCUT2D eigenvalue weighted by molar-refractivity contribution is 14.1. The molecule has 138 valence electrons. The lowest BCUT2D eigenvalue weighted by molar-refractivity contribution is 0.460. The van der Waals surface area contributed by atoms with Crippen molar-refractivity contribution in [1.82, 2.24) is 0 Å². The number of hydrogen-bond acceptors (Lipinski definition) is 0. The summed E-state index contributed by atoms with van der Waals surface area (Å²) in [7, 11) is 0. The first-order valence-corrected chi connectivity index (χ1v) is 10.9. The molecule has 1 unspecified atom stereocenters. The van der Waals surface area contributed by atoms with Gasteiger partial charge in [-0.15, -0.1) is 0 Å². The molecule has 0 N–H and O–H groups in total. The fraction of sp³-hybridized carbons (Fsp3) is 0.308. The summed E-state index contributed by atoms with van der Waals surface area (Å²) in [6, 6.07) is 8.74. The predicted molar refractivity (Wildman–Crippen MR) is 126 cm³/mol. The third-order valence-electron chi connectivity index (χ3n) is 6.48. The van der Waals surface area contributed by atoms with Crippen LogP contribution in [0.4, 0.5) is 0 Å². The molecule has 0 saturated carbocycles. The van der Waals surface area contributed by atoms with Crippen LogP contribution in [0, 0.1) is 11.8 Å². The van der Waals surface area contributed by atoms with Gasteiger partial charge in [-0.1, -0.05) is 81.1 Å². The molecule has 0 bridgehead atoms. The summed E-state index contributed by atoms with van der Waals surface area (Å²) in [6.07, 6.45) is 16.3. The van der Waals surface area contributed by atoms with E-state index in [0.717, 1.165) is 0 Å². The van der Waals surface area contributed by atoms with Gasteiger partial charge in [0.15, 0.2) is 0 Å². The second kappa shape index (κ2) is 7.09. The summed E-state index contributed by atoms with van der Waals surface area (Å²) < 4.78 is 1.52. The Morgan fingerprint density at radius 3 is 2.74 bits per heavy atom. The molecule has 1 aromatic rings. The molecule has 0 fully saturated rings. The van der Waals surface area contributed by atoms with Crippen molar-refractivity contribution in [3.8, 4) is 0 Å². The first-order chi connectivity index (χ1) is 12.9. The summed E-state index contributed by atoms with van der Waals surface area (Å²) in [5.74, 6) is 1.04. The molecular formula is C26H27I. The average molecular weight is 466 g/mol. The molecule has 0 saturated heterocycles. The zero-order valence-corrected chi connectivity index (χ0v) is 18.6. The standard InChI is InChI=1S/C26H27I/c1-5-18(20-14-15-25(27)22-12-7-6-11-21(20)22)16-24-17(2)19-10-8-9-13-23(19)26(24,3)4/h5-13,16,20-21H,2,14-15H2,1,3-4H3/b18-5+,24-16+/t20?,21-/m1/s1. The van der Waals surface area contributed by atoms with Crippen LogP contribution in [0.3, 0.4) is 0 Å². The van der Waals surface area contributed by atoms with Crippen LogP contribution in [0.25, 0.3) is 5.57 Å². The largest absolute Gasteiger partial charge is 0.0908 e. The van der Waals surface area contributed by atoms with Crippen molar-refractivity contribution in [2.45, 2.75) is 39.0 Å². The number of halogens is 1. The molecule has 0 aromatic heterocycles. The van der Waals surface area contributed by atoms with E-state index in [-0.39, 0.29) is 5.41 Å². The molecular weight excluding hydrogens is 439 g/mol. The highest BCUT2D eigenvalue weighted by Gasteiger charge is 2.38. The summed E-state index contributed by atoms with van der Waals surface area (Å²) >= 11 is 2.54. The van der Waals surface area contributed by atoms with Crippen molar-refractivity contribution in [1.29, 1.82) is 0 Å². The SMILES string of the molecule is C=C1/C(=C\C(=C/C)C2CCC(I)=C3C=CC=C[C@@H]32)C(C)(C)c2ccccc21. The van der Waals surface area contributed by atoms with Crippen LogP contribution in [-0.2, 0) is 5.41 Å². The number of hydrogen-bond donors (Lipinski definition) is 0. The van der Waals surface area contributed by atoms with Crippen LogP contribution in [0.15, 0.2) is 87.6 Å². The summed E-state index contributed by atoms with van der Waals surface area (Å²) in [5, 5.41) is 0. The van der Waals surface area contributed by atoms with E-state index in [1.807, 2.05) is 0 Å². The van der Waals surface area contributed by atoms with Crippen molar-refractivity contribution >= 4 is 28.2 Å². The van der Waals surface area contributed by atoms with Crippen molar-refractivity contribution in [2.75, 3.05) is 0 Å². The minimum atomic E-state index is 0.00596. The Kier molecular flexibility index (Phi) is 4.92. The Hall–Kier alpha value is -1.61. The number of benzene rings is 1. The molecule has 3 aliphatic rings. The average Bonchev–Trinajstić information content (AvgIpc) is 2.87. The molecule has 0 radical (unpaired) electrons. The first-order valence-electron chi connectivity index (χ1n) is 9.86. The molecule has 1 aromatic carbocycles. The predicted octanol–water partition coefficient (Wildman–Crippen LogP) is 7.71. The highest BCUT2D eigenvalue weighted by Crippen LogP contribution is 2.51. The second-order valence-electron chi connectivity index (χ2n) is 8.27. The number of allylic oxidation sites excluding steroid dienone is 11. The normalized spacial score (nSPS) is 27.9. The van der Waals surface area contributed by atoms with Gasteiger partial charge in [0.05, 0.1) is 0 Å². The monoisotopic (exact) mass is 466 g/mol. The smallest absolute Gasteiger partial charge is 0.0158 e. The highest BCUT2D eigenvalue weighted by atomic mass is 127. The van der Waals surface area contributed by atoms with Crippen molar-refractivity contribution < 1.29 is 0 Å². The Bertz CT molecular complexity index is 946. The molecule has 4 rings (SSSR count). The summed E-state index contributed by atoms with van der Waals surface area (Å²) in [6.45, 7) is 11.3. The van der Waals surface area contributed by atoms with Crippen molar-refractivity contribution in [3.63, 3.8) is 0 Å². The molecule has 0 aliphatic heterocycles. The molecule has 27 heavy (non-hydrogen) atoms. The third-order valence-corrected chi connectivity index (χ3v) is 7.64. The van der Waals surface area contributed by atoms with Crippen LogP contribution in [-0.4, -0.2) is 0 Å². The quantitative estimate of drug-likeness (QED) is 0.392. The molecule has 3 aliphatic carbocycles. The van der Waals surface area contributed by atoms with E-state index in [9.17, 15) is 0 Å². The van der Waals surface area contributed by atoms with Gasteiger partial charge in [0, 0.05) is 11.3 Å². The Morgan fingerprint density at radius 2 is 2.00 bits per heavy atom. The molecule has 1 heteroatoms. The van der Waals surface area contributed by atoms with Crippen LogP contribution in [0.1, 0.15) is 44.7 Å². The van der Waals surface area contributed by atoms with Gasteiger partial charge in [0.2, 0.25) is 0 Å². The fourth-order valence-electron chi connectivity index (χ4n) is 4.96. The van der Waals surface area contributed by atoms with E-state index in [1.54, 1.807) is 0 Å². The topological polar surface area (TPSA) is 0 Å². The maximum absolute atomic E-state index is 4.47. The Balaban J connectivity index is 1.74. The number of fused-ring (bicyclic) bond motifs is 2. The zero-order chi connectivity index (χ0) is 19.2. The Labute approximate surface area is 177 Å². The van der Waals surface area contributed by atoms with Gasteiger partial charge < -0.3 is 0 Å². The van der Waals surface area contributed by atoms with Gasteiger partial charge in [-0.05, 0) is 85.3 Å². The van der Waals surface area contributed by atoms with Crippen molar-refractivity contribution in [2.24, 2.45) is 11.8 Å². The van der Waals surface area contributed by atoms with E-state index < -0.39 is 0 Å². The lowest BCUT2D eigenvalue weighted by Crippen LogP contribution is -2.23. The van der Waals surface area contributed by atoms with Gasteiger partial charge >= 0.3 is 0 Å². The fourth-order valence-corrected chi connectivity index (χ4v) is 5.81. The molecule has 0 spiro atoms. The first kappa shape index (κ1) is 18.7. The minimum Gasteiger partial charge on any atom is -0.0908 e.